The minimum atomic E-state index is -3.62. The third-order valence-corrected chi connectivity index (χ3v) is 8.44. The van der Waals surface area contributed by atoms with Crippen molar-refractivity contribution in [3.63, 3.8) is 0 Å². The lowest BCUT2D eigenvalue weighted by molar-refractivity contribution is -0.125. The van der Waals surface area contributed by atoms with Crippen molar-refractivity contribution >= 4 is 33.4 Å². The molecule has 0 radical (unpaired) electrons. The molecule has 41 heavy (non-hydrogen) atoms. The van der Waals surface area contributed by atoms with Gasteiger partial charge >= 0.3 is 0 Å². The number of hydrogen-bond donors (Lipinski definition) is 4. The summed E-state index contributed by atoms with van der Waals surface area (Å²) in [6, 6.07) is 20.2. The van der Waals surface area contributed by atoms with Gasteiger partial charge in [0.25, 0.3) is 0 Å². The Morgan fingerprint density at radius 1 is 1.02 bits per heavy atom. The summed E-state index contributed by atoms with van der Waals surface area (Å²) >= 11 is 0. The van der Waals surface area contributed by atoms with E-state index in [2.05, 4.69) is 30.6 Å². The van der Waals surface area contributed by atoms with E-state index in [-0.39, 0.29) is 23.2 Å². The van der Waals surface area contributed by atoms with Gasteiger partial charge in [-0.1, -0.05) is 42.5 Å². The molecule has 4 bridgehead atoms. The van der Waals surface area contributed by atoms with E-state index in [0.29, 0.717) is 37.0 Å². The predicted molar refractivity (Wildman–Crippen MR) is 157 cm³/mol. The van der Waals surface area contributed by atoms with Crippen LogP contribution in [0.5, 0.6) is 0 Å². The molecule has 0 spiro atoms. The van der Waals surface area contributed by atoms with Gasteiger partial charge in [-0.25, -0.2) is 22.5 Å². The second-order valence-electron chi connectivity index (χ2n) is 10.3. The maximum Gasteiger partial charge on any atom is 0.240 e. The molecule has 0 saturated heterocycles. The van der Waals surface area contributed by atoms with Crippen LogP contribution < -0.4 is 20.7 Å². The average Bonchev–Trinajstić information content (AvgIpc) is 2.96. The van der Waals surface area contributed by atoms with Gasteiger partial charge in [0.2, 0.25) is 21.9 Å². The van der Waals surface area contributed by atoms with Gasteiger partial charge in [-0.15, -0.1) is 0 Å². The number of hydrogen-bond acceptors (Lipinski definition) is 7. The highest BCUT2D eigenvalue weighted by atomic mass is 32.2. The van der Waals surface area contributed by atoms with E-state index in [9.17, 15) is 17.6 Å². The molecule has 0 unspecified atom stereocenters. The zero-order valence-corrected chi connectivity index (χ0v) is 23.6. The molecule has 0 fully saturated rings. The van der Waals surface area contributed by atoms with Crippen LogP contribution in [0.15, 0.2) is 83.9 Å². The maximum atomic E-state index is 13.3. The zero-order valence-electron chi connectivity index (χ0n) is 22.7. The van der Waals surface area contributed by atoms with Crippen molar-refractivity contribution < 1.29 is 17.6 Å². The van der Waals surface area contributed by atoms with Crippen molar-refractivity contribution in [2.24, 2.45) is 0 Å². The number of sulfonamides is 1. The fourth-order valence-corrected chi connectivity index (χ4v) is 5.57. The normalized spacial score (nSPS) is 14.8. The molecule has 0 saturated carbocycles. The van der Waals surface area contributed by atoms with Gasteiger partial charge < -0.3 is 16.0 Å². The molecule has 4 N–H and O–H groups in total. The fourth-order valence-electron chi connectivity index (χ4n) is 4.45. The van der Waals surface area contributed by atoms with Crippen molar-refractivity contribution in [2.45, 2.75) is 37.1 Å². The van der Waals surface area contributed by atoms with E-state index in [0.717, 1.165) is 22.3 Å². The van der Waals surface area contributed by atoms with Crippen molar-refractivity contribution in [1.29, 1.82) is 0 Å². The molecule has 1 amide bonds. The number of halogens is 1. The molecule has 1 aliphatic rings. The minimum absolute atomic E-state index is 0.159. The van der Waals surface area contributed by atoms with E-state index in [1.807, 2.05) is 38.1 Å². The molecule has 1 aliphatic heterocycles. The Bertz CT molecular complexity index is 1660. The Hall–Kier alpha value is -4.35. The summed E-state index contributed by atoms with van der Waals surface area (Å²) in [6.07, 6.45) is 2.27. The zero-order chi connectivity index (χ0) is 29.0. The topological polar surface area (TPSA) is 125 Å². The van der Waals surface area contributed by atoms with Crippen molar-refractivity contribution in [3.05, 3.63) is 95.9 Å². The molecular weight excluding hydrogens is 543 g/mol. The summed E-state index contributed by atoms with van der Waals surface area (Å²) < 4.78 is 41.2. The van der Waals surface area contributed by atoms with E-state index in [1.165, 1.54) is 12.1 Å². The van der Waals surface area contributed by atoms with E-state index in [1.54, 1.807) is 42.6 Å². The smallest absolute Gasteiger partial charge is 0.240 e. The number of aromatic nitrogens is 2. The van der Waals surface area contributed by atoms with Crippen LogP contribution in [0.1, 0.15) is 31.4 Å². The maximum absolute atomic E-state index is 13.3. The molecule has 0 aliphatic carbocycles. The highest BCUT2D eigenvalue weighted by molar-refractivity contribution is 7.89. The number of nitrogens with zero attached hydrogens (tertiary/aromatic N) is 2. The number of amides is 1. The summed E-state index contributed by atoms with van der Waals surface area (Å²) in [7, 11) is -3.62. The summed E-state index contributed by atoms with van der Waals surface area (Å²) in [6.45, 7) is 4.73. The first-order chi connectivity index (χ1) is 19.6. The SMILES string of the molecule is CC(C)(C(=O)NCc1ccc(-c2cnc3nc2NCCCNS(=O)(=O)c2cccc(c2)N3)cc1)c1ccc(F)cc1. The van der Waals surface area contributed by atoms with Crippen molar-refractivity contribution in [1.82, 2.24) is 20.0 Å². The number of benzene rings is 3. The first-order valence-corrected chi connectivity index (χ1v) is 14.7. The molecule has 11 heteroatoms. The lowest BCUT2D eigenvalue weighted by atomic mass is 9.83. The monoisotopic (exact) mass is 574 g/mol. The first kappa shape index (κ1) is 28.2. The number of rotatable bonds is 5. The molecule has 212 valence electrons. The first-order valence-electron chi connectivity index (χ1n) is 13.2. The molecule has 1 aromatic heterocycles. The molecule has 9 nitrogen and oxygen atoms in total. The van der Waals surface area contributed by atoms with Gasteiger partial charge in [0.15, 0.2) is 0 Å². The molecule has 4 aromatic rings. The fraction of sp³-hybridized carbons (Fsp3) is 0.233. The number of nitrogens with one attached hydrogen (secondary N) is 4. The van der Waals surface area contributed by atoms with Crippen LogP contribution in [0, 0.1) is 5.82 Å². The van der Waals surface area contributed by atoms with Gasteiger partial charge in [0.1, 0.15) is 11.6 Å². The third-order valence-electron chi connectivity index (χ3n) is 6.98. The quantitative estimate of drug-likeness (QED) is 0.272. The van der Waals surface area contributed by atoms with E-state index >= 15 is 0 Å². The molecule has 0 atom stereocenters. The van der Waals surface area contributed by atoms with Gasteiger partial charge in [-0.05, 0) is 67.3 Å². The summed E-state index contributed by atoms with van der Waals surface area (Å²) in [5, 5.41) is 9.37. The minimum Gasteiger partial charge on any atom is -0.369 e. The Balaban J connectivity index is 1.31. The lowest BCUT2D eigenvalue weighted by Crippen LogP contribution is -2.39. The van der Waals surface area contributed by atoms with Crippen LogP contribution in [0.2, 0.25) is 0 Å². The number of fused-ring (bicyclic) bond motifs is 4. The molecule has 3 aromatic carbocycles. The lowest BCUT2D eigenvalue weighted by Gasteiger charge is -2.24. The standard InChI is InChI=1S/C30H31FN6O3S/c1-30(2,22-11-13-23(31)14-12-22)28(38)33-18-20-7-9-21(10-8-20)26-19-34-29-36-24-5-3-6-25(17-24)41(39,40)35-16-4-15-32-27(26)37-29/h3,5-14,17,19,35H,4,15-16,18H2,1-2H3,(H,33,38)(H2,32,34,36,37). The van der Waals surface area contributed by atoms with Crippen LogP contribution in [0.25, 0.3) is 11.1 Å². The Kier molecular flexibility index (Phi) is 8.00. The number of carbonyl (C=O) groups is 1. The third kappa shape index (κ3) is 6.53. The van der Waals surface area contributed by atoms with Gasteiger partial charge in [-0.2, -0.15) is 4.98 Å². The molecular formula is C30H31FN6O3S. The van der Waals surface area contributed by atoms with Crippen LogP contribution in [0.3, 0.4) is 0 Å². The van der Waals surface area contributed by atoms with E-state index in [4.69, 9.17) is 0 Å². The summed E-state index contributed by atoms with van der Waals surface area (Å²) in [4.78, 5) is 22.2. The highest BCUT2D eigenvalue weighted by Gasteiger charge is 2.29. The van der Waals surface area contributed by atoms with Crippen LogP contribution in [-0.4, -0.2) is 37.4 Å². The average molecular weight is 575 g/mol. The van der Waals surface area contributed by atoms with Gasteiger partial charge in [0, 0.05) is 37.1 Å². The number of carbonyl (C=O) groups excluding carboxylic acids is 1. The van der Waals surface area contributed by atoms with E-state index < -0.39 is 15.4 Å². The summed E-state index contributed by atoms with van der Waals surface area (Å²) in [5.74, 6) is 0.448. The molecule has 2 heterocycles. The highest BCUT2D eigenvalue weighted by Crippen LogP contribution is 2.29. The number of anilines is 3. The summed E-state index contributed by atoms with van der Waals surface area (Å²) in [5.41, 5.74) is 3.05. The molecule has 5 rings (SSSR count). The Morgan fingerprint density at radius 2 is 1.78 bits per heavy atom. The second-order valence-corrected chi connectivity index (χ2v) is 12.1. The van der Waals surface area contributed by atoms with Crippen LogP contribution in [0.4, 0.5) is 21.8 Å². The van der Waals surface area contributed by atoms with Crippen LogP contribution in [-0.2, 0) is 26.8 Å². The van der Waals surface area contributed by atoms with Crippen molar-refractivity contribution in [3.8, 4) is 11.1 Å². The van der Waals surface area contributed by atoms with Crippen LogP contribution >= 0.6 is 0 Å². The van der Waals surface area contributed by atoms with Crippen molar-refractivity contribution in [2.75, 3.05) is 23.7 Å². The predicted octanol–water partition coefficient (Wildman–Crippen LogP) is 4.71. The Labute approximate surface area is 238 Å². The van der Waals surface area contributed by atoms with Gasteiger partial charge in [-0.3, -0.25) is 4.79 Å². The Morgan fingerprint density at radius 3 is 2.54 bits per heavy atom. The second kappa shape index (κ2) is 11.6. The largest absolute Gasteiger partial charge is 0.369 e. The van der Waals surface area contributed by atoms with Gasteiger partial charge in [0.05, 0.1) is 10.3 Å².